The largest absolute Gasteiger partial charge is 0.361 e. The van der Waals surface area contributed by atoms with E-state index in [4.69, 9.17) is 4.52 Å². The normalized spacial score (nSPS) is 17.7. The number of rotatable bonds is 4. The van der Waals surface area contributed by atoms with Gasteiger partial charge in [0.05, 0.1) is 6.54 Å². The molecule has 1 unspecified atom stereocenters. The SMILES string of the molecule is Cc1cc(CN2C(=O)NC(Cc3c[nH]c4ccccc34)C2=O)no1. The van der Waals surface area contributed by atoms with Gasteiger partial charge in [-0.1, -0.05) is 23.4 Å². The van der Waals surface area contributed by atoms with Crippen LogP contribution < -0.4 is 5.32 Å². The summed E-state index contributed by atoms with van der Waals surface area (Å²) in [7, 11) is 0. The van der Waals surface area contributed by atoms with Gasteiger partial charge in [0.2, 0.25) is 0 Å². The van der Waals surface area contributed by atoms with Crippen LogP contribution in [0.1, 0.15) is 17.0 Å². The molecule has 1 saturated heterocycles. The smallest absolute Gasteiger partial charge is 0.325 e. The van der Waals surface area contributed by atoms with Gasteiger partial charge in [-0.2, -0.15) is 0 Å². The van der Waals surface area contributed by atoms with Gasteiger partial charge >= 0.3 is 6.03 Å². The summed E-state index contributed by atoms with van der Waals surface area (Å²) in [6, 6.07) is 8.63. The number of urea groups is 1. The molecular weight excluding hydrogens is 308 g/mol. The van der Waals surface area contributed by atoms with Gasteiger partial charge in [0.1, 0.15) is 17.5 Å². The van der Waals surface area contributed by atoms with Gasteiger partial charge in [0.25, 0.3) is 5.91 Å². The van der Waals surface area contributed by atoms with Crippen molar-refractivity contribution >= 4 is 22.8 Å². The summed E-state index contributed by atoms with van der Waals surface area (Å²) in [5.41, 5.74) is 2.58. The molecule has 3 heterocycles. The average Bonchev–Trinajstić information content (AvgIpc) is 3.24. The molecule has 1 aliphatic heterocycles. The minimum Gasteiger partial charge on any atom is -0.361 e. The van der Waals surface area contributed by atoms with Crippen molar-refractivity contribution in [3.8, 4) is 0 Å². The maximum atomic E-state index is 12.6. The van der Waals surface area contributed by atoms with E-state index in [1.54, 1.807) is 13.0 Å². The van der Waals surface area contributed by atoms with Gasteiger partial charge in [-0.3, -0.25) is 9.69 Å². The summed E-state index contributed by atoms with van der Waals surface area (Å²) < 4.78 is 4.98. The van der Waals surface area contributed by atoms with Crippen molar-refractivity contribution < 1.29 is 14.1 Å². The number of nitrogens with one attached hydrogen (secondary N) is 2. The molecule has 2 N–H and O–H groups in total. The van der Waals surface area contributed by atoms with Crippen LogP contribution in [0.15, 0.2) is 41.1 Å². The molecule has 3 aromatic rings. The number of para-hydroxylation sites is 1. The highest BCUT2D eigenvalue weighted by Crippen LogP contribution is 2.21. The maximum Gasteiger partial charge on any atom is 0.325 e. The fourth-order valence-corrected chi connectivity index (χ4v) is 3.04. The van der Waals surface area contributed by atoms with Gasteiger partial charge in [-0.15, -0.1) is 0 Å². The van der Waals surface area contributed by atoms with E-state index in [9.17, 15) is 9.59 Å². The van der Waals surface area contributed by atoms with Crippen LogP contribution >= 0.6 is 0 Å². The second-order valence-corrected chi connectivity index (χ2v) is 5.92. The number of nitrogens with zero attached hydrogens (tertiary/aromatic N) is 2. The van der Waals surface area contributed by atoms with E-state index in [2.05, 4.69) is 15.5 Å². The number of aryl methyl sites for hydroxylation is 1. The first-order valence-electron chi connectivity index (χ1n) is 7.71. The van der Waals surface area contributed by atoms with Crippen LogP contribution in [0, 0.1) is 6.92 Å². The fraction of sp³-hybridized carbons (Fsp3) is 0.235. The third-order valence-electron chi connectivity index (χ3n) is 4.20. The van der Waals surface area contributed by atoms with E-state index in [-0.39, 0.29) is 12.5 Å². The highest BCUT2D eigenvalue weighted by molar-refractivity contribution is 6.04. The van der Waals surface area contributed by atoms with Gasteiger partial charge < -0.3 is 14.8 Å². The molecule has 7 nitrogen and oxygen atoms in total. The number of aromatic nitrogens is 2. The van der Waals surface area contributed by atoms with Crippen molar-refractivity contribution in [2.75, 3.05) is 0 Å². The number of fused-ring (bicyclic) bond motifs is 1. The summed E-state index contributed by atoms with van der Waals surface area (Å²) in [5.74, 6) is 0.401. The summed E-state index contributed by atoms with van der Waals surface area (Å²) in [6.07, 6.45) is 2.33. The number of amides is 3. The molecule has 1 aliphatic rings. The van der Waals surface area contributed by atoms with Crippen LogP contribution in [0.4, 0.5) is 4.79 Å². The molecule has 1 aromatic carbocycles. The fourth-order valence-electron chi connectivity index (χ4n) is 3.04. The Kier molecular flexibility index (Phi) is 3.34. The number of imide groups is 1. The summed E-state index contributed by atoms with van der Waals surface area (Å²) in [6.45, 7) is 1.88. The van der Waals surface area contributed by atoms with Crippen LogP contribution in [0.5, 0.6) is 0 Å². The zero-order valence-electron chi connectivity index (χ0n) is 13.1. The van der Waals surface area contributed by atoms with Crippen molar-refractivity contribution in [1.29, 1.82) is 0 Å². The standard InChI is InChI=1S/C17H16N4O3/c1-10-6-12(20-24-10)9-21-16(22)15(19-17(21)23)7-11-8-18-14-5-3-2-4-13(11)14/h2-6,8,15,18H,7,9H2,1H3,(H,19,23). The Morgan fingerprint density at radius 1 is 1.29 bits per heavy atom. The first-order valence-corrected chi connectivity index (χ1v) is 7.71. The zero-order valence-corrected chi connectivity index (χ0v) is 13.1. The van der Waals surface area contributed by atoms with Crippen LogP contribution in [0.25, 0.3) is 10.9 Å². The lowest BCUT2D eigenvalue weighted by Crippen LogP contribution is -2.32. The zero-order chi connectivity index (χ0) is 16.7. The van der Waals surface area contributed by atoms with Crippen LogP contribution in [-0.2, 0) is 17.8 Å². The number of carbonyl (C=O) groups excluding carboxylic acids is 2. The van der Waals surface area contributed by atoms with Crippen LogP contribution in [-0.4, -0.2) is 33.0 Å². The number of H-pyrrole nitrogens is 1. The lowest BCUT2D eigenvalue weighted by Gasteiger charge is -2.10. The van der Waals surface area contributed by atoms with Gasteiger partial charge in [-0.05, 0) is 18.6 Å². The average molecular weight is 324 g/mol. The highest BCUT2D eigenvalue weighted by Gasteiger charge is 2.38. The Balaban J connectivity index is 1.53. The van der Waals surface area contributed by atoms with Gasteiger partial charge in [0, 0.05) is 29.6 Å². The second-order valence-electron chi connectivity index (χ2n) is 5.92. The molecule has 0 spiro atoms. The molecule has 122 valence electrons. The lowest BCUT2D eigenvalue weighted by molar-refractivity contribution is -0.127. The first-order chi connectivity index (χ1) is 11.6. The Bertz CT molecular complexity index is 927. The van der Waals surface area contributed by atoms with Crippen molar-refractivity contribution in [1.82, 2.24) is 20.4 Å². The van der Waals surface area contributed by atoms with E-state index >= 15 is 0 Å². The van der Waals surface area contributed by atoms with E-state index in [0.717, 1.165) is 16.5 Å². The predicted octanol–water partition coefficient (Wildman–Crippen LogP) is 2.13. The molecule has 1 fully saturated rings. The Morgan fingerprint density at radius 3 is 2.92 bits per heavy atom. The molecule has 0 radical (unpaired) electrons. The molecule has 0 aliphatic carbocycles. The maximum absolute atomic E-state index is 12.6. The van der Waals surface area contributed by atoms with Crippen molar-refractivity contribution in [3.63, 3.8) is 0 Å². The number of aromatic amines is 1. The third-order valence-corrected chi connectivity index (χ3v) is 4.20. The summed E-state index contributed by atoms with van der Waals surface area (Å²) >= 11 is 0. The number of benzene rings is 1. The second kappa shape index (κ2) is 5.52. The molecule has 0 saturated carbocycles. The molecule has 4 rings (SSSR count). The number of hydrogen-bond donors (Lipinski definition) is 2. The Hall–Kier alpha value is -3.09. The van der Waals surface area contributed by atoms with Gasteiger partial charge in [-0.25, -0.2) is 4.79 Å². The van der Waals surface area contributed by atoms with Crippen molar-refractivity contribution in [3.05, 3.63) is 53.5 Å². The van der Waals surface area contributed by atoms with Crippen molar-refractivity contribution in [2.24, 2.45) is 0 Å². The molecule has 3 amide bonds. The van der Waals surface area contributed by atoms with E-state index in [1.165, 1.54) is 4.90 Å². The number of carbonyl (C=O) groups is 2. The quantitative estimate of drug-likeness (QED) is 0.719. The molecule has 7 heteroatoms. The van der Waals surface area contributed by atoms with Crippen LogP contribution in [0.3, 0.4) is 0 Å². The summed E-state index contributed by atoms with van der Waals surface area (Å²) in [4.78, 5) is 29.0. The minimum atomic E-state index is -0.565. The highest BCUT2D eigenvalue weighted by atomic mass is 16.5. The number of hydrogen-bond acceptors (Lipinski definition) is 4. The minimum absolute atomic E-state index is 0.117. The molecule has 24 heavy (non-hydrogen) atoms. The van der Waals surface area contributed by atoms with Crippen molar-refractivity contribution in [2.45, 2.75) is 25.9 Å². The predicted molar refractivity (Wildman–Crippen MR) is 86.1 cm³/mol. The summed E-state index contributed by atoms with van der Waals surface area (Å²) in [5, 5.41) is 7.65. The Morgan fingerprint density at radius 2 is 2.12 bits per heavy atom. The third kappa shape index (κ3) is 2.44. The lowest BCUT2D eigenvalue weighted by atomic mass is 10.1. The van der Waals surface area contributed by atoms with E-state index in [0.29, 0.717) is 17.9 Å². The molecule has 1 atom stereocenters. The first kappa shape index (κ1) is 14.5. The topological polar surface area (TPSA) is 91.2 Å². The molecule has 0 bridgehead atoms. The molecule has 2 aromatic heterocycles. The monoisotopic (exact) mass is 324 g/mol. The Labute approximate surface area is 137 Å². The molecular formula is C17H16N4O3. The van der Waals surface area contributed by atoms with E-state index < -0.39 is 12.1 Å². The van der Waals surface area contributed by atoms with Crippen LogP contribution in [0.2, 0.25) is 0 Å². The van der Waals surface area contributed by atoms with E-state index in [1.807, 2.05) is 30.5 Å². The van der Waals surface area contributed by atoms with Gasteiger partial charge in [0.15, 0.2) is 0 Å².